The molecule has 3 N–H and O–H groups in total. The molecule has 1 unspecified atom stereocenters. The summed E-state index contributed by atoms with van der Waals surface area (Å²) >= 11 is 0. The standard InChI is InChI=1S/C14H19N3O2/c1-10-5-3-7-13(11(10)9-15)17-14(18)12(16)6-4-8-19-2/h3,5,7,12H,4,6,8,16H2,1-2H3,(H,17,18). The summed E-state index contributed by atoms with van der Waals surface area (Å²) < 4.78 is 4.91. The minimum Gasteiger partial charge on any atom is -0.385 e. The van der Waals surface area contributed by atoms with Crippen LogP contribution < -0.4 is 11.1 Å². The number of aryl methyl sites for hydroxylation is 1. The van der Waals surface area contributed by atoms with Crippen molar-refractivity contribution in [1.82, 2.24) is 0 Å². The van der Waals surface area contributed by atoms with E-state index in [4.69, 9.17) is 15.7 Å². The van der Waals surface area contributed by atoms with E-state index < -0.39 is 6.04 Å². The van der Waals surface area contributed by atoms with Gasteiger partial charge in [-0.25, -0.2) is 0 Å². The first kappa shape index (κ1) is 15.2. The molecule has 0 aliphatic rings. The Morgan fingerprint density at radius 1 is 1.58 bits per heavy atom. The predicted octanol–water partition coefficient (Wildman–Crippen LogP) is 1.56. The molecule has 102 valence electrons. The molecule has 1 atom stereocenters. The van der Waals surface area contributed by atoms with Gasteiger partial charge in [-0.15, -0.1) is 0 Å². The van der Waals surface area contributed by atoms with Crippen molar-refractivity contribution in [2.24, 2.45) is 5.73 Å². The third-order valence-corrected chi connectivity index (χ3v) is 2.84. The second kappa shape index (κ2) is 7.52. The second-order valence-electron chi connectivity index (χ2n) is 4.34. The normalized spacial score (nSPS) is 11.7. The highest BCUT2D eigenvalue weighted by Crippen LogP contribution is 2.18. The van der Waals surface area contributed by atoms with Crippen LogP contribution in [0.4, 0.5) is 5.69 Å². The van der Waals surface area contributed by atoms with Crippen molar-refractivity contribution < 1.29 is 9.53 Å². The smallest absolute Gasteiger partial charge is 0.241 e. The van der Waals surface area contributed by atoms with Crippen molar-refractivity contribution in [2.45, 2.75) is 25.8 Å². The Morgan fingerprint density at radius 3 is 2.95 bits per heavy atom. The number of carbonyl (C=O) groups is 1. The van der Waals surface area contributed by atoms with E-state index >= 15 is 0 Å². The molecule has 1 amide bonds. The van der Waals surface area contributed by atoms with Gasteiger partial charge in [0.05, 0.1) is 17.3 Å². The lowest BCUT2D eigenvalue weighted by atomic mass is 10.1. The van der Waals surface area contributed by atoms with Crippen molar-refractivity contribution in [1.29, 1.82) is 5.26 Å². The molecule has 0 bridgehead atoms. The topological polar surface area (TPSA) is 88.1 Å². The Bertz CT molecular complexity index is 480. The van der Waals surface area contributed by atoms with Crippen LogP contribution in [-0.2, 0) is 9.53 Å². The third kappa shape index (κ3) is 4.36. The largest absolute Gasteiger partial charge is 0.385 e. The first-order valence-corrected chi connectivity index (χ1v) is 6.15. The highest BCUT2D eigenvalue weighted by atomic mass is 16.5. The first-order chi connectivity index (χ1) is 9.10. The molecule has 0 saturated carbocycles. The summed E-state index contributed by atoms with van der Waals surface area (Å²) in [5, 5.41) is 11.8. The number of nitrogens with one attached hydrogen (secondary N) is 1. The summed E-state index contributed by atoms with van der Waals surface area (Å²) in [6.45, 7) is 2.40. The van der Waals surface area contributed by atoms with E-state index in [1.165, 1.54) is 0 Å². The summed E-state index contributed by atoms with van der Waals surface area (Å²) in [6, 6.07) is 6.81. The van der Waals surface area contributed by atoms with Crippen molar-refractivity contribution in [3.05, 3.63) is 29.3 Å². The molecule has 5 heteroatoms. The quantitative estimate of drug-likeness (QED) is 0.761. The average Bonchev–Trinajstić information content (AvgIpc) is 2.39. The van der Waals surface area contributed by atoms with E-state index in [0.717, 1.165) is 12.0 Å². The summed E-state index contributed by atoms with van der Waals surface area (Å²) in [4.78, 5) is 11.9. The Kier molecular flexibility index (Phi) is 6.00. The number of rotatable bonds is 6. The van der Waals surface area contributed by atoms with Crippen LogP contribution >= 0.6 is 0 Å². The maximum absolute atomic E-state index is 11.9. The fourth-order valence-corrected chi connectivity index (χ4v) is 1.72. The van der Waals surface area contributed by atoms with E-state index in [1.54, 1.807) is 19.2 Å². The van der Waals surface area contributed by atoms with E-state index in [9.17, 15) is 4.79 Å². The molecule has 1 aromatic rings. The van der Waals surface area contributed by atoms with Crippen molar-refractivity contribution in [2.75, 3.05) is 19.0 Å². The van der Waals surface area contributed by atoms with E-state index in [1.807, 2.05) is 13.0 Å². The second-order valence-corrected chi connectivity index (χ2v) is 4.34. The summed E-state index contributed by atoms with van der Waals surface area (Å²) in [5.74, 6) is -0.279. The van der Waals surface area contributed by atoms with E-state index in [2.05, 4.69) is 11.4 Å². The lowest BCUT2D eigenvalue weighted by Gasteiger charge is -2.13. The molecule has 0 spiro atoms. The van der Waals surface area contributed by atoms with Gasteiger partial charge in [0.1, 0.15) is 6.07 Å². The fourth-order valence-electron chi connectivity index (χ4n) is 1.72. The summed E-state index contributed by atoms with van der Waals surface area (Å²) in [5.41, 5.74) is 7.59. The van der Waals surface area contributed by atoms with Crippen LogP contribution in [0.15, 0.2) is 18.2 Å². The lowest BCUT2D eigenvalue weighted by Crippen LogP contribution is -2.36. The van der Waals surface area contributed by atoms with Gasteiger partial charge in [0.2, 0.25) is 5.91 Å². The van der Waals surface area contributed by atoms with Gasteiger partial charge in [0, 0.05) is 13.7 Å². The molecule has 0 fully saturated rings. The number of hydrogen-bond acceptors (Lipinski definition) is 4. The highest BCUT2D eigenvalue weighted by Gasteiger charge is 2.15. The van der Waals surface area contributed by atoms with E-state index in [0.29, 0.717) is 24.3 Å². The van der Waals surface area contributed by atoms with Crippen LogP contribution in [0.3, 0.4) is 0 Å². The van der Waals surface area contributed by atoms with Crippen LogP contribution in [-0.4, -0.2) is 25.7 Å². The molecule has 19 heavy (non-hydrogen) atoms. The van der Waals surface area contributed by atoms with Crippen LogP contribution in [0.5, 0.6) is 0 Å². The number of nitrogens with two attached hydrogens (primary N) is 1. The number of carbonyl (C=O) groups excluding carboxylic acids is 1. The molecule has 5 nitrogen and oxygen atoms in total. The number of ether oxygens (including phenoxy) is 1. The Labute approximate surface area is 113 Å². The number of nitriles is 1. The molecule has 1 rings (SSSR count). The number of amides is 1. The molecular formula is C14H19N3O2. The van der Waals surface area contributed by atoms with Gasteiger partial charge in [0.25, 0.3) is 0 Å². The van der Waals surface area contributed by atoms with Gasteiger partial charge in [0.15, 0.2) is 0 Å². The molecular weight excluding hydrogens is 242 g/mol. The van der Waals surface area contributed by atoms with Crippen LogP contribution in [0, 0.1) is 18.3 Å². The third-order valence-electron chi connectivity index (χ3n) is 2.84. The van der Waals surface area contributed by atoms with Gasteiger partial charge in [-0.2, -0.15) is 5.26 Å². The van der Waals surface area contributed by atoms with E-state index in [-0.39, 0.29) is 5.91 Å². The van der Waals surface area contributed by atoms with Crippen LogP contribution in [0.25, 0.3) is 0 Å². The van der Waals surface area contributed by atoms with Gasteiger partial charge >= 0.3 is 0 Å². The SMILES string of the molecule is COCCCC(N)C(=O)Nc1cccc(C)c1C#N. The number of hydrogen-bond donors (Lipinski definition) is 2. The summed E-state index contributed by atoms with van der Waals surface area (Å²) in [6.07, 6.45) is 1.28. The minimum atomic E-state index is -0.595. The first-order valence-electron chi connectivity index (χ1n) is 6.15. The van der Waals surface area contributed by atoms with Crippen LogP contribution in [0.2, 0.25) is 0 Å². The zero-order valence-electron chi connectivity index (χ0n) is 11.3. The fraction of sp³-hybridized carbons (Fsp3) is 0.429. The average molecular weight is 261 g/mol. The molecule has 0 aliphatic carbocycles. The Hall–Kier alpha value is -1.90. The summed E-state index contributed by atoms with van der Waals surface area (Å²) in [7, 11) is 1.61. The van der Waals surface area contributed by atoms with Gasteiger partial charge in [-0.1, -0.05) is 12.1 Å². The van der Waals surface area contributed by atoms with Crippen molar-refractivity contribution >= 4 is 11.6 Å². The maximum Gasteiger partial charge on any atom is 0.241 e. The zero-order chi connectivity index (χ0) is 14.3. The molecule has 0 aliphatic heterocycles. The van der Waals surface area contributed by atoms with Crippen molar-refractivity contribution in [3.63, 3.8) is 0 Å². The van der Waals surface area contributed by atoms with Gasteiger partial charge in [-0.3, -0.25) is 4.79 Å². The monoisotopic (exact) mass is 261 g/mol. The molecule has 0 heterocycles. The number of methoxy groups -OCH3 is 1. The molecule has 0 saturated heterocycles. The maximum atomic E-state index is 11.9. The Morgan fingerprint density at radius 2 is 2.32 bits per heavy atom. The molecule has 0 radical (unpaired) electrons. The Balaban J connectivity index is 2.67. The zero-order valence-corrected chi connectivity index (χ0v) is 11.3. The molecule has 0 aromatic heterocycles. The number of anilines is 1. The predicted molar refractivity (Wildman–Crippen MR) is 73.6 cm³/mol. The number of nitrogens with zero attached hydrogens (tertiary/aromatic N) is 1. The van der Waals surface area contributed by atoms with Gasteiger partial charge < -0.3 is 15.8 Å². The highest BCUT2D eigenvalue weighted by molar-refractivity contribution is 5.95. The van der Waals surface area contributed by atoms with Crippen molar-refractivity contribution in [3.8, 4) is 6.07 Å². The molecule has 1 aromatic carbocycles. The minimum absolute atomic E-state index is 0.279. The lowest BCUT2D eigenvalue weighted by molar-refractivity contribution is -0.117. The van der Waals surface area contributed by atoms with Gasteiger partial charge in [-0.05, 0) is 31.4 Å². The number of benzene rings is 1. The van der Waals surface area contributed by atoms with Crippen LogP contribution in [0.1, 0.15) is 24.0 Å².